The van der Waals surface area contributed by atoms with Crippen molar-refractivity contribution in [3.8, 4) is 17.0 Å². The Labute approximate surface area is 183 Å². The number of piperazine rings is 1. The van der Waals surface area contributed by atoms with Gasteiger partial charge in [0.15, 0.2) is 0 Å². The molecule has 1 fully saturated rings. The van der Waals surface area contributed by atoms with Crippen molar-refractivity contribution >= 4 is 11.6 Å². The van der Waals surface area contributed by atoms with Gasteiger partial charge in [0, 0.05) is 49.6 Å². The zero-order valence-corrected chi connectivity index (χ0v) is 17.5. The maximum atomic E-state index is 13.5. The molecule has 2 aromatic carbocycles. The average molecular weight is 440 g/mol. The van der Waals surface area contributed by atoms with Crippen molar-refractivity contribution < 1.29 is 18.3 Å². The molecule has 1 aliphatic rings. The van der Waals surface area contributed by atoms with E-state index in [0.717, 1.165) is 10.4 Å². The summed E-state index contributed by atoms with van der Waals surface area (Å²) in [6.45, 7) is 1.97. The first-order valence-corrected chi connectivity index (χ1v) is 10.1. The molecule has 1 saturated heterocycles. The Morgan fingerprint density at radius 2 is 1.66 bits per heavy atom. The second-order valence-corrected chi connectivity index (χ2v) is 7.40. The molecule has 0 saturated carbocycles. The highest BCUT2D eigenvalue weighted by molar-refractivity contribution is 5.76. The second-order valence-electron chi connectivity index (χ2n) is 7.40. The third-order valence-electron chi connectivity index (χ3n) is 5.42. The van der Waals surface area contributed by atoms with Crippen molar-refractivity contribution in [2.24, 2.45) is 0 Å². The number of aromatic nitrogens is 2. The van der Waals surface area contributed by atoms with E-state index in [1.54, 1.807) is 17.0 Å². The van der Waals surface area contributed by atoms with Crippen LogP contribution < -0.4 is 15.2 Å². The number of methoxy groups -OCH3 is 1. The summed E-state index contributed by atoms with van der Waals surface area (Å²) in [5, 5.41) is 4.29. The molecule has 0 bridgehead atoms. The molecule has 9 heteroatoms. The Kier molecular flexibility index (Phi) is 6.16. The minimum Gasteiger partial charge on any atom is -0.496 e. The molecular weight excluding hydrogens is 418 g/mol. The molecule has 0 atom stereocenters. The molecule has 3 aromatic rings. The van der Waals surface area contributed by atoms with Gasteiger partial charge in [0.1, 0.15) is 23.9 Å². The van der Waals surface area contributed by atoms with Crippen LogP contribution in [-0.2, 0) is 11.3 Å². The number of halogens is 2. The topological polar surface area (TPSA) is 67.7 Å². The predicted octanol–water partition coefficient (Wildman–Crippen LogP) is 2.55. The van der Waals surface area contributed by atoms with Crippen LogP contribution in [0.3, 0.4) is 0 Å². The maximum absolute atomic E-state index is 13.5. The highest BCUT2D eigenvalue weighted by atomic mass is 19.1. The van der Waals surface area contributed by atoms with Crippen LogP contribution in [0.1, 0.15) is 0 Å². The van der Waals surface area contributed by atoms with Crippen molar-refractivity contribution in [1.29, 1.82) is 0 Å². The van der Waals surface area contributed by atoms with Gasteiger partial charge in [0.25, 0.3) is 5.56 Å². The SMILES string of the molecule is COc1cc(F)ccc1-c1ccc(=O)n(CC(=O)N2CCN(c3ccc(F)cc3)CC2)n1. The molecule has 2 heterocycles. The van der Waals surface area contributed by atoms with E-state index in [-0.39, 0.29) is 24.0 Å². The summed E-state index contributed by atoms with van der Waals surface area (Å²) in [7, 11) is 1.42. The quantitative estimate of drug-likeness (QED) is 0.610. The number of nitrogens with zero attached hydrogens (tertiary/aromatic N) is 4. The Balaban J connectivity index is 1.45. The van der Waals surface area contributed by atoms with Crippen LogP contribution in [-0.4, -0.2) is 53.9 Å². The van der Waals surface area contributed by atoms with Gasteiger partial charge < -0.3 is 14.5 Å². The first-order chi connectivity index (χ1) is 15.4. The molecule has 0 aliphatic carbocycles. The summed E-state index contributed by atoms with van der Waals surface area (Å²) in [6.07, 6.45) is 0. The Morgan fingerprint density at radius 3 is 2.34 bits per heavy atom. The fourth-order valence-corrected chi connectivity index (χ4v) is 3.68. The van der Waals surface area contributed by atoms with E-state index < -0.39 is 11.4 Å². The van der Waals surface area contributed by atoms with Gasteiger partial charge in [-0.3, -0.25) is 9.59 Å². The fraction of sp³-hybridized carbons (Fsp3) is 0.261. The molecule has 7 nitrogen and oxygen atoms in total. The van der Waals surface area contributed by atoms with Gasteiger partial charge in [-0.15, -0.1) is 0 Å². The van der Waals surface area contributed by atoms with E-state index in [4.69, 9.17) is 4.74 Å². The molecule has 1 amide bonds. The lowest BCUT2D eigenvalue weighted by atomic mass is 10.1. The summed E-state index contributed by atoms with van der Waals surface area (Å²) < 4.78 is 32.9. The lowest BCUT2D eigenvalue weighted by Crippen LogP contribution is -2.50. The third-order valence-corrected chi connectivity index (χ3v) is 5.42. The summed E-state index contributed by atoms with van der Waals surface area (Å²) in [6, 6.07) is 13.1. The molecule has 1 aliphatic heterocycles. The predicted molar refractivity (Wildman–Crippen MR) is 116 cm³/mol. The highest BCUT2D eigenvalue weighted by Crippen LogP contribution is 2.28. The first kappa shape index (κ1) is 21.5. The van der Waals surface area contributed by atoms with Crippen molar-refractivity contribution in [2.45, 2.75) is 6.54 Å². The van der Waals surface area contributed by atoms with Gasteiger partial charge in [-0.1, -0.05) is 0 Å². The summed E-state index contributed by atoms with van der Waals surface area (Å²) in [5.74, 6) is -0.678. The smallest absolute Gasteiger partial charge is 0.267 e. The number of ether oxygens (including phenoxy) is 1. The van der Waals surface area contributed by atoms with Crippen LogP contribution in [0.2, 0.25) is 0 Å². The van der Waals surface area contributed by atoms with Gasteiger partial charge in [0.05, 0.1) is 12.8 Å². The zero-order chi connectivity index (χ0) is 22.7. The van der Waals surface area contributed by atoms with Crippen LogP contribution in [0.4, 0.5) is 14.5 Å². The normalized spacial score (nSPS) is 13.8. The number of hydrogen-bond donors (Lipinski definition) is 0. The molecule has 0 unspecified atom stereocenters. The first-order valence-electron chi connectivity index (χ1n) is 10.1. The molecule has 0 radical (unpaired) electrons. The van der Waals surface area contributed by atoms with Crippen LogP contribution >= 0.6 is 0 Å². The highest BCUT2D eigenvalue weighted by Gasteiger charge is 2.22. The monoisotopic (exact) mass is 440 g/mol. The van der Waals surface area contributed by atoms with E-state index in [0.29, 0.717) is 37.4 Å². The number of carbonyl (C=O) groups is 1. The van der Waals surface area contributed by atoms with Crippen LogP contribution in [0.15, 0.2) is 59.4 Å². The van der Waals surface area contributed by atoms with Gasteiger partial charge in [-0.05, 0) is 42.5 Å². The van der Waals surface area contributed by atoms with Crippen LogP contribution in [0.5, 0.6) is 5.75 Å². The van der Waals surface area contributed by atoms with Crippen molar-refractivity contribution in [3.05, 3.63) is 76.6 Å². The Morgan fingerprint density at radius 1 is 0.969 bits per heavy atom. The van der Waals surface area contributed by atoms with Crippen molar-refractivity contribution in [3.63, 3.8) is 0 Å². The molecule has 0 spiro atoms. The maximum Gasteiger partial charge on any atom is 0.267 e. The number of benzene rings is 2. The molecular formula is C23H22F2N4O3. The largest absolute Gasteiger partial charge is 0.496 e. The minimum absolute atomic E-state index is 0.202. The van der Waals surface area contributed by atoms with E-state index in [2.05, 4.69) is 10.00 Å². The molecule has 1 aromatic heterocycles. The lowest BCUT2D eigenvalue weighted by Gasteiger charge is -2.36. The Hall–Kier alpha value is -3.75. The fourth-order valence-electron chi connectivity index (χ4n) is 3.68. The third kappa shape index (κ3) is 4.61. The summed E-state index contributed by atoms with van der Waals surface area (Å²) in [4.78, 5) is 28.9. The van der Waals surface area contributed by atoms with Crippen molar-refractivity contribution in [2.75, 3.05) is 38.2 Å². The number of hydrogen-bond acceptors (Lipinski definition) is 5. The second kappa shape index (κ2) is 9.17. The molecule has 4 rings (SSSR count). The van der Waals surface area contributed by atoms with Gasteiger partial charge in [-0.25, -0.2) is 13.5 Å². The minimum atomic E-state index is -0.450. The van der Waals surface area contributed by atoms with Gasteiger partial charge in [0.2, 0.25) is 5.91 Å². The van der Waals surface area contributed by atoms with Gasteiger partial charge >= 0.3 is 0 Å². The van der Waals surface area contributed by atoms with Gasteiger partial charge in [-0.2, -0.15) is 5.10 Å². The summed E-state index contributed by atoms with van der Waals surface area (Å²) >= 11 is 0. The van der Waals surface area contributed by atoms with E-state index in [9.17, 15) is 18.4 Å². The standard InChI is InChI=1S/C23H22F2N4O3/c1-32-21-14-17(25)4-7-19(21)20-8-9-22(30)29(26-20)15-23(31)28-12-10-27(11-13-28)18-5-2-16(24)3-6-18/h2-9,14H,10-13,15H2,1H3. The average Bonchev–Trinajstić information content (AvgIpc) is 2.81. The Bertz CT molecular complexity index is 1170. The van der Waals surface area contributed by atoms with E-state index in [1.165, 1.54) is 49.6 Å². The van der Waals surface area contributed by atoms with Crippen LogP contribution in [0.25, 0.3) is 11.3 Å². The van der Waals surface area contributed by atoms with Crippen LogP contribution in [0, 0.1) is 11.6 Å². The number of amides is 1. The van der Waals surface area contributed by atoms with E-state index >= 15 is 0 Å². The molecule has 166 valence electrons. The zero-order valence-electron chi connectivity index (χ0n) is 17.5. The molecule has 0 N–H and O–H groups in total. The number of rotatable bonds is 5. The number of carbonyl (C=O) groups excluding carboxylic acids is 1. The molecule has 32 heavy (non-hydrogen) atoms. The number of anilines is 1. The van der Waals surface area contributed by atoms with E-state index in [1.807, 2.05) is 0 Å². The summed E-state index contributed by atoms with van der Waals surface area (Å²) in [5.41, 5.74) is 1.41. The lowest BCUT2D eigenvalue weighted by molar-refractivity contribution is -0.132. The van der Waals surface area contributed by atoms with Crippen molar-refractivity contribution in [1.82, 2.24) is 14.7 Å².